The summed E-state index contributed by atoms with van der Waals surface area (Å²) in [5.74, 6) is -0.158. The molecule has 1 fully saturated rings. The first-order chi connectivity index (χ1) is 10.9. The molecule has 0 atom stereocenters. The van der Waals surface area contributed by atoms with Crippen molar-refractivity contribution < 1.29 is 13.6 Å². The van der Waals surface area contributed by atoms with Crippen LogP contribution in [-0.4, -0.2) is 45.2 Å². The highest BCUT2D eigenvalue weighted by Gasteiger charge is 2.27. The summed E-state index contributed by atoms with van der Waals surface area (Å²) in [5.41, 5.74) is 0.114. The zero-order chi connectivity index (χ0) is 16.6. The molecule has 3 rings (SSSR count). The number of carbonyl (C=O) groups excluding carboxylic acids is 1. The topological polar surface area (TPSA) is 54.3 Å². The number of carbonyl (C=O) groups is 1. The molecular weight excluding hydrogens is 304 g/mol. The molecule has 2 aromatic rings. The van der Waals surface area contributed by atoms with Crippen LogP contribution in [0.2, 0.25) is 0 Å². The summed E-state index contributed by atoms with van der Waals surface area (Å²) in [5, 5.41) is 4.27. The Morgan fingerprint density at radius 1 is 1.26 bits per heavy atom. The van der Waals surface area contributed by atoms with Gasteiger partial charge in [-0.1, -0.05) is 0 Å². The fraction of sp³-hybridized carbons (Fsp3) is 0.400. The largest absolute Gasteiger partial charge is 0.307 e. The van der Waals surface area contributed by atoms with E-state index in [-0.39, 0.29) is 18.1 Å². The number of halogens is 2. The van der Waals surface area contributed by atoms with Gasteiger partial charge in [0.1, 0.15) is 17.5 Å². The highest BCUT2D eigenvalue weighted by Crippen LogP contribution is 2.22. The van der Waals surface area contributed by atoms with Crippen LogP contribution >= 0.6 is 0 Å². The van der Waals surface area contributed by atoms with E-state index in [2.05, 4.69) is 10.1 Å². The molecule has 0 spiro atoms. The van der Waals surface area contributed by atoms with Crippen molar-refractivity contribution >= 4 is 11.6 Å². The van der Waals surface area contributed by atoms with Gasteiger partial charge < -0.3 is 4.90 Å². The van der Waals surface area contributed by atoms with Crippen LogP contribution in [0, 0.1) is 18.6 Å². The summed E-state index contributed by atoms with van der Waals surface area (Å²) in [6, 6.07) is 3.23. The molecule has 0 unspecified atom stereocenters. The van der Waals surface area contributed by atoms with Crippen LogP contribution < -0.4 is 4.90 Å². The molecule has 1 aliphatic rings. The molecule has 0 aliphatic carbocycles. The van der Waals surface area contributed by atoms with Gasteiger partial charge in [0.2, 0.25) is 5.91 Å². The normalized spacial score (nSPS) is 16.2. The zero-order valence-corrected chi connectivity index (χ0v) is 13.0. The zero-order valence-electron chi connectivity index (χ0n) is 13.0. The quantitative estimate of drug-likeness (QED) is 0.854. The van der Waals surface area contributed by atoms with E-state index in [0.29, 0.717) is 25.5 Å². The minimum atomic E-state index is -0.728. The second-order valence-corrected chi connectivity index (χ2v) is 5.55. The maximum absolute atomic E-state index is 13.8. The Hall–Kier alpha value is -2.35. The maximum Gasteiger partial charge on any atom is 0.241 e. The van der Waals surface area contributed by atoms with Gasteiger partial charge in [-0.2, -0.15) is 5.10 Å². The lowest BCUT2D eigenvalue weighted by molar-refractivity contribution is -0.121. The number of aromatic nitrogens is 3. The summed E-state index contributed by atoms with van der Waals surface area (Å²) in [4.78, 5) is 19.9. The van der Waals surface area contributed by atoms with Crippen molar-refractivity contribution in [2.75, 3.05) is 24.5 Å². The van der Waals surface area contributed by atoms with Crippen molar-refractivity contribution in [3.8, 4) is 0 Å². The van der Waals surface area contributed by atoms with E-state index < -0.39 is 11.6 Å². The lowest BCUT2D eigenvalue weighted by Gasteiger charge is -2.33. The number of rotatable bonds is 3. The highest BCUT2D eigenvalue weighted by atomic mass is 19.1. The molecule has 1 amide bonds. The van der Waals surface area contributed by atoms with Gasteiger partial charge in [-0.25, -0.2) is 13.8 Å². The number of nitrogens with zero attached hydrogens (tertiary/aromatic N) is 5. The summed E-state index contributed by atoms with van der Waals surface area (Å²) >= 11 is 0. The lowest BCUT2D eigenvalue weighted by atomic mass is 10.2. The van der Waals surface area contributed by atoms with Crippen molar-refractivity contribution in [2.45, 2.75) is 13.5 Å². The van der Waals surface area contributed by atoms with E-state index in [1.54, 1.807) is 4.68 Å². The minimum absolute atomic E-state index is 0.114. The van der Waals surface area contributed by atoms with Crippen LogP contribution in [0.5, 0.6) is 0 Å². The molecule has 2 heterocycles. The third kappa shape index (κ3) is 3.21. The molecule has 122 valence electrons. The fourth-order valence-corrected chi connectivity index (χ4v) is 2.61. The van der Waals surface area contributed by atoms with Crippen LogP contribution in [-0.2, 0) is 18.4 Å². The number of benzene rings is 1. The maximum atomic E-state index is 13.8. The number of aryl methyl sites for hydroxylation is 2. The molecule has 23 heavy (non-hydrogen) atoms. The predicted molar refractivity (Wildman–Crippen MR) is 79.7 cm³/mol. The summed E-state index contributed by atoms with van der Waals surface area (Å²) < 4.78 is 28.5. The number of amides is 1. The third-order valence-electron chi connectivity index (χ3n) is 3.89. The Morgan fingerprint density at radius 2 is 2.04 bits per heavy atom. The molecule has 1 saturated heterocycles. The molecule has 1 aromatic carbocycles. The van der Waals surface area contributed by atoms with Gasteiger partial charge in [0.15, 0.2) is 5.82 Å². The lowest BCUT2D eigenvalue weighted by Crippen LogP contribution is -2.50. The van der Waals surface area contributed by atoms with Gasteiger partial charge >= 0.3 is 0 Å². The summed E-state index contributed by atoms with van der Waals surface area (Å²) in [7, 11) is 1.81. The van der Waals surface area contributed by atoms with Crippen LogP contribution in [0.1, 0.15) is 11.6 Å². The van der Waals surface area contributed by atoms with E-state index in [1.807, 2.05) is 18.9 Å². The summed E-state index contributed by atoms with van der Waals surface area (Å²) in [6.45, 7) is 3.38. The van der Waals surface area contributed by atoms with Crippen LogP contribution in [0.15, 0.2) is 18.2 Å². The number of anilines is 1. The van der Waals surface area contributed by atoms with Crippen LogP contribution in [0.3, 0.4) is 0 Å². The van der Waals surface area contributed by atoms with Crippen LogP contribution in [0.4, 0.5) is 14.5 Å². The van der Waals surface area contributed by atoms with Crippen molar-refractivity contribution in [2.24, 2.45) is 7.05 Å². The summed E-state index contributed by atoms with van der Waals surface area (Å²) in [6.07, 6.45) is 0. The van der Waals surface area contributed by atoms with E-state index in [1.165, 1.54) is 11.0 Å². The first kappa shape index (κ1) is 15.5. The molecule has 1 aliphatic heterocycles. The molecule has 6 nitrogen and oxygen atoms in total. The molecule has 1 aromatic heterocycles. The first-order valence-corrected chi connectivity index (χ1v) is 7.28. The van der Waals surface area contributed by atoms with Crippen molar-refractivity contribution in [1.82, 2.24) is 19.7 Å². The third-order valence-corrected chi connectivity index (χ3v) is 3.89. The van der Waals surface area contributed by atoms with E-state index >= 15 is 0 Å². The van der Waals surface area contributed by atoms with Gasteiger partial charge in [-0.3, -0.25) is 14.4 Å². The fourth-order valence-electron chi connectivity index (χ4n) is 2.61. The smallest absolute Gasteiger partial charge is 0.241 e. The molecule has 0 N–H and O–H groups in total. The van der Waals surface area contributed by atoms with E-state index in [0.717, 1.165) is 18.0 Å². The number of hydrogen-bond acceptors (Lipinski definition) is 4. The first-order valence-electron chi connectivity index (χ1n) is 7.28. The average molecular weight is 321 g/mol. The van der Waals surface area contributed by atoms with Gasteiger partial charge in [0.05, 0.1) is 18.8 Å². The van der Waals surface area contributed by atoms with Crippen molar-refractivity contribution in [1.29, 1.82) is 0 Å². The second kappa shape index (κ2) is 6.04. The Kier molecular flexibility index (Phi) is 4.08. The number of piperazine rings is 1. The Balaban J connectivity index is 1.68. The standard InChI is InChI=1S/C15H17F2N5O/c1-10-18-14(19-20(10)2)8-21-5-6-22(15(23)9-21)13-4-3-11(16)7-12(13)17/h3-4,7H,5-6,8-9H2,1-2H3. The van der Waals surface area contributed by atoms with Gasteiger partial charge in [0, 0.05) is 26.2 Å². The molecule has 0 saturated carbocycles. The van der Waals surface area contributed by atoms with E-state index in [9.17, 15) is 13.6 Å². The highest BCUT2D eigenvalue weighted by molar-refractivity contribution is 5.95. The Bertz CT molecular complexity index is 726. The monoisotopic (exact) mass is 321 g/mol. The van der Waals surface area contributed by atoms with Gasteiger partial charge in [0.25, 0.3) is 0 Å². The molecule has 0 bridgehead atoms. The van der Waals surface area contributed by atoms with Crippen molar-refractivity contribution in [3.05, 3.63) is 41.5 Å². The SMILES string of the molecule is Cc1nc(CN2CCN(c3ccc(F)cc3F)C(=O)C2)nn1C. The minimum Gasteiger partial charge on any atom is -0.307 e. The van der Waals surface area contributed by atoms with Crippen LogP contribution in [0.25, 0.3) is 0 Å². The van der Waals surface area contributed by atoms with E-state index in [4.69, 9.17) is 0 Å². The molecular formula is C15H17F2N5O. The van der Waals surface area contributed by atoms with Gasteiger partial charge in [-0.15, -0.1) is 0 Å². The van der Waals surface area contributed by atoms with Gasteiger partial charge in [-0.05, 0) is 19.1 Å². The second-order valence-electron chi connectivity index (χ2n) is 5.55. The predicted octanol–water partition coefficient (Wildman–Crippen LogP) is 1.25. The van der Waals surface area contributed by atoms with Crippen molar-refractivity contribution in [3.63, 3.8) is 0 Å². The average Bonchev–Trinajstić information content (AvgIpc) is 2.78. The molecule has 0 radical (unpaired) electrons. The Morgan fingerprint density at radius 3 is 2.65 bits per heavy atom. The number of hydrogen-bond donors (Lipinski definition) is 0. The molecule has 8 heteroatoms. The Labute approximate surface area is 132 Å².